The number of benzene rings is 1. The average Bonchev–Trinajstić information content (AvgIpc) is 2.86. The van der Waals surface area contributed by atoms with E-state index >= 15 is 0 Å². The van der Waals surface area contributed by atoms with Gasteiger partial charge in [0, 0.05) is 0 Å². The van der Waals surface area contributed by atoms with Crippen LogP contribution in [0, 0.1) is 31.0 Å². The first kappa shape index (κ1) is 13.5. The quantitative estimate of drug-likeness (QED) is 0.918. The van der Waals surface area contributed by atoms with Crippen molar-refractivity contribution in [2.45, 2.75) is 32.7 Å². The van der Waals surface area contributed by atoms with E-state index in [1.165, 1.54) is 6.07 Å². The van der Waals surface area contributed by atoms with Crippen LogP contribution in [0.2, 0.25) is 0 Å². The van der Waals surface area contributed by atoms with Crippen LogP contribution in [0.15, 0.2) is 18.2 Å². The van der Waals surface area contributed by atoms with E-state index in [4.69, 9.17) is 0 Å². The SMILES string of the molecule is Cc1nnc(NC2CCc3ccc(F)cc32)c(C#N)c1C. The van der Waals surface area contributed by atoms with Gasteiger partial charge in [-0.25, -0.2) is 4.39 Å². The smallest absolute Gasteiger partial charge is 0.167 e. The number of rotatable bonds is 2. The van der Waals surface area contributed by atoms with Crippen molar-refractivity contribution < 1.29 is 4.39 Å². The van der Waals surface area contributed by atoms with Crippen LogP contribution in [-0.2, 0) is 6.42 Å². The molecule has 2 aromatic rings. The molecule has 0 radical (unpaired) electrons. The van der Waals surface area contributed by atoms with Crippen molar-refractivity contribution in [3.05, 3.63) is 52.0 Å². The minimum Gasteiger partial charge on any atom is -0.361 e. The largest absolute Gasteiger partial charge is 0.361 e. The zero-order chi connectivity index (χ0) is 15.0. The number of nitriles is 1. The van der Waals surface area contributed by atoms with Gasteiger partial charge in [0.15, 0.2) is 5.82 Å². The molecule has 1 atom stereocenters. The molecule has 0 amide bonds. The van der Waals surface area contributed by atoms with Gasteiger partial charge in [-0.15, -0.1) is 5.10 Å². The number of nitrogens with one attached hydrogen (secondary N) is 1. The van der Waals surface area contributed by atoms with Crippen LogP contribution in [0.5, 0.6) is 0 Å². The van der Waals surface area contributed by atoms with Gasteiger partial charge in [-0.3, -0.25) is 0 Å². The topological polar surface area (TPSA) is 61.6 Å². The second kappa shape index (κ2) is 5.13. The van der Waals surface area contributed by atoms with Gasteiger partial charge in [-0.05, 0) is 55.5 Å². The first-order valence-electron chi connectivity index (χ1n) is 6.89. The van der Waals surface area contributed by atoms with Crippen molar-refractivity contribution >= 4 is 5.82 Å². The third kappa shape index (κ3) is 2.33. The molecule has 5 heteroatoms. The van der Waals surface area contributed by atoms with Crippen LogP contribution in [-0.4, -0.2) is 10.2 Å². The van der Waals surface area contributed by atoms with E-state index in [0.717, 1.165) is 35.2 Å². The Labute approximate surface area is 122 Å². The first-order chi connectivity index (χ1) is 10.1. The molecule has 1 unspecified atom stereocenters. The average molecular weight is 282 g/mol. The van der Waals surface area contributed by atoms with Crippen molar-refractivity contribution in [2.75, 3.05) is 5.32 Å². The van der Waals surface area contributed by atoms with Crippen molar-refractivity contribution in [3.63, 3.8) is 0 Å². The molecular weight excluding hydrogens is 267 g/mol. The van der Waals surface area contributed by atoms with Crippen LogP contribution in [0.4, 0.5) is 10.2 Å². The van der Waals surface area contributed by atoms with Crippen molar-refractivity contribution in [2.24, 2.45) is 0 Å². The lowest BCUT2D eigenvalue weighted by atomic mass is 10.1. The monoisotopic (exact) mass is 282 g/mol. The lowest BCUT2D eigenvalue weighted by molar-refractivity contribution is 0.623. The summed E-state index contributed by atoms with van der Waals surface area (Å²) in [6.07, 6.45) is 1.76. The number of fused-ring (bicyclic) bond motifs is 1. The number of hydrogen-bond donors (Lipinski definition) is 1. The third-order valence-electron chi connectivity index (χ3n) is 4.06. The minimum absolute atomic E-state index is 0.0285. The summed E-state index contributed by atoms with van der Waals surface area (Å²) in [5.41, 5.74) is 4.16. The fraction of sp³-hybridized carbons (Fsp3) is 0.312. The van der Waals surface area contributed by atoms with Crippen LogP contribution in [0.1, 0.15) is 40.4 Å². The van der Waals surface area contributed by atoms with Crippen LogP contribution in [0.3, 0.4) is 0 Å². The van der Waals surface area contributed by atoms with E-state index in [1.807, 2.05) is 19.9 Å². The van der Waals surface area contributed by atoms with Crippen LogP contribution in [0.25, 0.3) is 0 Å². The van der Waals surface area contributed by atoms with Gasteiger partial charge >= 0.3 is 0 Å². The highest BCUT2D eigenvalue weighted by Gasteiger charge is 2.24. The van der Waals surface area contributed by atoms with Crippen molar-refractivity contribution in [1.82, 2.24) is 10.2 Å². The molecule has 4 nitrogen and oxygen atoms in total. The Morgan fingerprint density at radius 1 is 1.33 bits per heavy atom. The van der Waals surface area contributed by atoms with E-state index in [2.05, 4.69) is 21.6 Å². The number of nitrogens with zero attached hydrogens (tertiary/aromatic N) is 3. The molecule has 21 heavy (non-hydrogen) atoms. The molecule has 0 saturated carbocycles. The van der Waals surface area contributed by atoms with Crippen LogP contribution >= 0.6 is 0 Å². The molecule has 3 rings (SSSR count). The summed E-state index contributed by atoms with van der Waals surface area (Å²) in [7, 11) is 0. The highest BCUT2D eigenvalue weighted by Crippen LogP contribution is 2.34. The number of anilines is 1. The molecule has 1 aliphatic rings. The molecule has 0 spiro atoms. The second-order valence-electron chi connectivity index (χ2n) is 5.32. The van der Waals surface area contributed by atoms with Gasteiger partial charge < -0.3 is 5.32 Å². The zero-order valence-electron chi connectivity index (χ0n) is 11.9. The standard InChI is InChI=1S/C16H15FN4/c1-9-10(2)20-21-16(14(9)8-18)19-15-6-4-11-3-5-12(17)7-13(11)15/h3,5,7,15H,4,6H2,1-2H3,(H,19,21). The predicted octanol–water partition coefficient (Wildman–Crippen LogP) is 3.20. The van der Waals surface area contributed by atoms with Crippen molar-refractivity contribution in [1.29, 1.82) is 5.26 Å². The second-order valence-corrected chi connectivity index (χ2v) is 5.32. The summed E-state index contributed by atoms with van der Waals surface area (Å²) in [6.45, 7) is 3.68. The van der Waals surface area contributed by atoms with Gasteiger partial charge in [-0.2, -0.15) is 10.4 Å². The van der Waals surface area contributed by atoms with E-state index in [-0.39, 0.29) is 11.9 Å². The normalized spacial score (nSPS) is 16.4. The Morgan fingerprint density at radius 3 is 2.90 bits per heavy atom. The number of aryl methyl sites for hydroxylation is 2. The molecule has 1 heterocycles. The lowest BCUT2D eigenvalue weighted by Gasteiger charge is -2.16. The fourth-order valence-electron chi connectivity index (χ4n) is 2.73. The van der Waals surface area contributed by atoms with Crippen LogP contribution < -0.4 is 5.32 Å². The molecule has 0 saturated heterocycles. The van der Waals surface area contributed by atoms with E-state index in [1.54, 1.807) is 6.07 Å². The number of hydrogen-bond acceptors (Lipinski definition) is 4. The Kier molecular flexibility index (Phi) is 3.30. The van der Waals surface area contributed by atoms with E-state index in [0.29, 0.717) is 11.4 Å². The zero-order valence-corrected chi connectivity index (χ0v) is 11.9. The molecule has 0 fully saturated rings. The summed E-state index contributed by atoms with van der Waals surface area (Å²) in [5, 5.41) is 20.7. The fourth-order valence-corrected chi connectivity index (χ4v) is 2.73. The summed E-state index contributed by atoms with van der Waals surface area (Å²) < 4.78 is 13.4. The summed E-state index contributed by atoms with van der Waals surface area (Å²) >= 11 is 0. The maximum Gasteiger partial charge on any atom is 0.167 e. The highest BCUT2D eigenvalue weighted by atomic mass is 19.1. The summed E-state index contributed by atoms with van der Waals surface area (Å²) in [6, 6.07) is 7.01. The molecule has 1 aromatic carbocycles. The molecule has 1 aromatic heterocycles. The molecule has 0 aliphatic heterocycles. The maximum atomic E-state index is 13.4. The van der Waals surface area contributed by atoms with E-state index in [9.17, 15) is 9.65 Å². The lowest BCUT2D eigenvalue weighted by Crippen LogP contribution is -2.12. The number of aromatic nitrogens is 2. The third-order valence-corrected chi connectivity index (χ3v) is 4.06. The van der Waals surface area contributed by atoms with Gasteiger partial charge in [0.1, 0.15) is 17.4 Å². The Bertz CT molecular complexity index is 749. The van der Waals surface area contributed by atoms with Crippen molar-refractivity contribution in [3.8, 4) is 6.07 Å². The molecule has 1 N–H and O–H groups in total. The molecule has 1 aliphatic carbocycles. The van der Waals surface area contributed by atoms with E-state index < -0.39 is 0 Å². The molecular formula is C16H15FN4. The minimum atomic E-state index is -0.242. The Hall–Kier alpha value is -2.48. The van der Waals surface area contributed by atoms with Gasteiger partial charge in [0.05, 0.1) is 11.7 Å². The van der Waals surface area contributed by atoms with Gasteiger partial charge in [0.25, 0.3) is 0 Å². The predicted molar refractivity (Wildman–Crippen MR) is 77.3 cm³/mol. The summed E-state index contributed by atoms with van der Waals surface area (Å²) in [4.78, 5) is 0. The highest BCUT2D eigenvalue weighted by molar-refractivity contribution is 5.57. The molecule has 106 valence electrons. The Balaban J connectivity index is 1.96. The summed E-state index contributed by atoms with van der Waals surface area (Å²) in [5.74, 6) is 0.233. The first-order valence-corrected chi connectivity index (χ1v) is 6.89. The molecule has 0 bridgehead atoms. The van der Waals surface area contributed by atoms with Gasteiger partial charge in [0.2, 0.25) is 0 Å². The maximum absolute atomic E-state index is 13.4. The number of halogens is 1. The Morgan fingerprint density at radius 2 is 2.14 bits per heavy atom. The van der Waals surface area contributed by atoms with Gasteiger partial charge in [-0.1, -0.05) is 6.07 Å².